The lowest BCUT2D eigenvalue weighted by atomic mass is 10.1. The van der Waals surface area contributed by atoms with Crippen LogP contribution in [-0.2, 0) is 20.8 Å². The number of benzene rings is 2. The highest BCUT2D eigenvalue weighted by Crippen LogP contribution is 2.28. The van der Waals surface area contributed by atoms with Crippen molar-refractivity contribution in [3.63, 3.8) is 0 Å². The van der Waals surface area contributed by atoms with E-state index < -0.39 is 17.2 Å². The average Bonchev–Trinajstić information content (AvgIpc) is 3.02. The summed E-state index contributed by atoms with van der Waals surface area (Å²) in [5.74, 6) is -0.523. The third-order valence-corrected chi connectivity index (χ3v) is 4.38. The van der Waals surface area contributed by atoms with E-state index >= 15 is 0 Å². The fraction of sp³-hybridized carbons (Fsp3) is 0.350. The highest BCUT2D eigenvalue weighted by Gasteiger charge is 2.35. The first-order chi connectivity index (χ1) is 13.0. The minimum Gasteiger partial charge on any atom is -0.432 e. The van der Waals surface area contributed by atoms with Crippen molar-refractivity contribution in [2.45, 2.75) is 32.3 Å². The number of carbonyl (C=O) groups excluding carboxylic acids is 1. The molecule has 0 aromatic heterocycles. The Labute approximate surface area is 157 Å². The second-order valence-corrected chi connectivity index (χ2v) is 6.55. The number of rotatable bonds is 7. The van der Waals surface area contributed by atoms with Crippen LogP contribution in [0.15, 0.2) is 54.6 Å². The van der Waals surface area contributed by atoms with Gasteiger partial charge in [0.25, 0.3) is 5.69 Å². The summed E-state index contributed by atoms with van der Waals surface area (Å²) < 4.78 is 16.9. The third kappa shape index (κ3) is 5.12. The maximum Gasteiger partial charge on any atom is 0.340 e. The Morgan fingerprint density at radius 2 is 1.89 bits per heavy atom. The number of carbonyl (C=O) groups is 1. The molecule has 2 aromatic rings. The van der Waals surface area contributed by atoms with Crippen LogP contribution in [0, 0.1) is 16.0 Å². The molecule has 3 atom stereocenters. The number of hydrogen-bond donors (Lipinski definition) is 0. The number of ether oxygens (including phenoxy) is 3. The Hall–Kier alpha value is -2.77. The van der Waals surface area contributed by atoms with Gasteiger partial charge in [-0.05, 0) is 24.1 Å². The molecule has 2 aromatic carbocycles. The smallest absolute Gasteiger partial charge is 0.340 e. The van der Waals surface area contributed by atoms with Gasteiger partial charge in [0.2, 0.25) is 6.29 Å². The van der Waals surface area contributed by atoms with Crippen LogP contribution in [-0.4, -0.2) is 29.9 Å². The summed E-state index contributed by atoms with van der Waals surface area (Å²) in [6, 6.07) is 15.2. The number of non-ortho nitro benzene ring substituents is 1. The van der Waals surface area contributed by atoms with E-state index in [0.29, 0.717) is 13.2 Å². The predicted octanol–water partition coefficient (Wildman–Crippen LogP) is 3.72. The molecule has 3 rings (SSSR count). The highest BCUT2D eigenvalue weighted by molar-refractivity contribution is 5.89. The van der Waals surface area contributed by atoms with Gasteiger partial charge in [0.1, 0.15) is 0 Å². The number of nitrogens with zero attached hydrogens (tertiary/aromatic N) is 1. The van der Waals surface area contributed by atoms with Crippen LogP contribution in [0.5, 0.6) is 0 Å². The van der Waals surface area contributed by atoms with Crippen LogP contribution in [0.3, 0.4) is 0 Å². The molecule has 3 unspecified atom stereocenters. The van der Waals surface area contributed by atoms with Crippen molar-refractivity contribution in [2.75, 3.05) is 6.61 Å². The van der Waals surface area contributed by atoms with Crippen molar-refractivity contribution < 1.29 is 23.9 Å². The summed E-state index contributed by atoms with van der Waals surface area (Å²) in [6.45, 7) is 2.87. The molecular formula is C20H21NO6. The van der Waals surface area contributed by atoms with Gasteiger partial charge in [-0.15, -0.1) is 0 Å². The third-order valence-electron chi connectivity index (χ3n) is 4.38. The molecule has 7 heteroatoms. The molecule has 1 aliphatic rings. The zero-order valence-corrected chi connectivity index (χ0v) is 14.9. The van der Waals surface area contributed by atoms with Gasteiger partial charge >= 0.3 is 5.97 Å². The lowest BCUT2D eigenvalue weighted by molar-refractivity contribution is -0.384. The Morgan fingerprint density at radius 3 is 2.56 bits per heavy atom. The molecule has 0 radical (unpaired) electrons. The average molecular weight is 371 g/mol. The molecule has 142 valence electrons. The first kappa shape index (κ1) is 19.0. The summed E-state index contributed by atoms with van der Waals surface area (Å²) in [4.78, 5) is 22.4. The summed E-state index contributed by atoms with van der Waals surface area (Å²) in [5, 5.41) is 10.7. The van der Waals surface area contributed by atoms with Crippen LogP contribution in [0.4, 0.5) is 5.69 Å². The Balaban J connectivity index is 1.47. The van der Waals surface area contributed by atoms with E-state index in [1.165, 1.54) is 24.3 Å². The topological polar surface area (TPSA) is 87.9 Å². The standard InChI is InChI=1S/C20H21NO6/c1-14-11-18(13-25-12-15-5-3-2-4-6-15)26-20(14)27-19(22)16-7-9-17(10-8-16)21(23)24/h2-10,14,18,20H,11-13H2,1H3. The lowest BCUT2D eigenvalue weighted by Crippen LogP contribution is -2.23. The van der Waals surface area contributed by atoms with E-state index in [-0.39, 0.29) is 23.3 Å². The summed E-state index contributed by atoms with van der Waals surface area (Å²) >= 11 is 0. The van der Waals surface area contributed by atoms with Crippen molar-refractivity contribution >= 4 is 11.7 Å². The fourth-order valence-electron chi connectivity index (χ4n) is 2.93. The van der Waals surface area contributed by atoms with E-state index in [1.54, 1.807) is 0 Å². The van der Waals surface area contributed by atoms with Gasteiger partial charge in [-0.25, -0.2) is 4.79 Å². The molecule has 0 N–H and O–H groups in total. The van der Waals surface area contributed by atoms with E-state index in [2.05, 4.69) is 0 Å². The lowest BCUT2D eigenvalue weighted by Gasteiger charge is -2.16. The van der Waals surface area contributed by atoms with Gasteiger partial charge < -0.3 is 14.2 Å². The Bertz CT molecular complexity index is 777. The zero-order chi connectivity index (χ0) is 19.2. The Morgan fingerprint density at radius 1 is 1.19 bits per heavy atom. The van der Waals surface area contributed by atoms with Crippen molar-refractivity contribution in [3.8, 4) is 0 Å². The van der Waals surface area contributed by atoms with E-state index in [1.807, 2.05) is 37.3 Å². The molecule has 7 nitrogen and oxygen atoms in total. The van der Waals surface area contributed by atoms with Gasteiger partial charge in [-0.2, -0.15) is 0 Å². The zero-order valence-electron chi connectivity index (χ0n) is 14.9. The largest absolute Gasteiger partial charge is 0.432 e. The van der Waals surface area contributed by atoms with Crippen LogP contribution in [0.2, 0.25) is 0 Å². The molecule has 27 heavy (non-hydrogen) atoms. The summed E-state index contributed by atoms with van der Waals surface area (Å²) in [5.41, 5.74) is 1.26. The molecule has 1 fully saturated rings. The number of nitro groups is 1. The maximum absolute atomic E-state index is 12.2. The van der Waals surface area contributed by atoms with Gasteiger partial charge in [-0.1, -0.05) is 37.3 Å². The first-order valence-electron chi connectivity index (χ1n) is 8.75. The van der Waals surface area contributed by atoms with Crippen molar-refractivity contribution in [1.29, 1.82) is 0 Å². The number of esters is 1. The summed E-state index contributed by atoms with van der Waals surface area (Å²) in [7, 11) is 0. The second kappa shape index (κ2) is 8.75. The fourth-order valence-corrected chi connectivity index (χ4v) is 2.93. The van der Waals surface area contributed by atoms with E-state index in [4.69, 9.17) is 14.2 Å². The highest BCUT2D eigenvalue weighted by atomic mass is 16.7. The van der Waals surface area contributed by atoms with Crippen LogP contribution in [0.1, 0.15) is 29.3 Å². The van der Waals surface area contributed by atoms with Gasteiger partial charge in [0.05, 0.1) is 29.8 Å². The molecule has 1 heterocycles. The normalized spacial score (nSPS) is 21.7. The molecule has 0 amide bonds. The molecule has 0 aliphatic carbocycles. The quantitative estimate of drug-likeness (QED) is 0.419. The summed E-state index contributed by atoms with van der Waals surface area (Å²) in [6.07, 6.45) is -0.0658. The first-order valence-corrected chi connectivity index (χ1v) is 8.75. The molecule has 0 saturated carbocycles. The minimum absolute atomic E-state index is 0.0392. The van der Waals surface area contributed by atoms with Crippen LogP contribution >= 0.6 is 0 Å². The van der Waals surface area contributed by atoms with E-state index in [0.717, 1.165) is 12.0 Å². The van der Waals surface area contributed by atoms with Gasteiger partial charge in [0.15, 0.2) is 0 Å². The number of hydrogen-bond acceptors (Lipinski definition) is 6. The molecule has 0 bridgehead atoms. The van der Waals surface area contributed by atoms with Crippen molar-refractivity contribution in [1.82, 2.24) is 0 Å². The van der Waals surface area contributed by atoms with E-state index in [9.17, 15) is 14.9 Å². The minimum atomic E-state index is -0.655. The molecule has 1 aliphatic heterocycles. The van der Waals surface area contributed by atoms with Gasteiger partial charge in [-0.3, -0.25) is 10.1 Å². The molecular weight excluding hydrogens is 350 g/mol. The maximum atomic E-state index is 12.2. The molecule has 1 saturated heterocycles. The van der Waals surface area contributed by atoms with Crippen LogP contribution in [0.25, 0.3) is 0 Å². The predicted molar refractivity (Wildman–Crippen MR) is 97.1 cm³/mol. The van der Waals surface area contributed by atoms with Crippen molar-refractivity contribution in [2.24, 2.45) is 5.92 Å². The van der Waals surface area contributed by atoms with Gasteiger partial charge in [0, 0.05) is 18.1 Å². The second-order valence-electron chi connectivity index (χ2n) is 6.55. The van der Waals surface area contributed by atoms with Crippen molar-refractivity contribution in [3.05, 3.63) is 75.8 Å². The molecule has 0 spiro atoms. The number of nitro benzene ring substituents is 1. The monoisotopic (exact) mass is 371 g/mol. The van der Waals surface area contributed by atoms with Crippen LogP contribution < -0.4 is 0 Å². The SMILES string of the molecule is CC1CC(COCc2ccccc2)OC1OC(=O)c1ccc([N+](=O)[O-])cc1. The Kier molecular flexibility index (Phi) is 6.16.